The number of nitrogens with zero attached hydrogens (tertiary/aromatic N) is 2. The molecule has 0 aliphatic heterocycles. The summed E-state index contributed by atoms with van der Waals surface area (Å²) < 4.78 is 15.2. The zero-order valence-corrected chi connectivity index (χ0v) is 16.7. The van der Waals surface area contributed by atoms with Crippen LogP contribution in [0, 0.1) is 11.7 Å². The summed E-state index contributed by atoms with van der Waals surface area (Å²) in [4.78, 5) is 36.4. The summed E-state index contributed by atoms with van der Waals surface area (Å²) in [6, 6.07) is 6.70. The average molecular weight is 417 g/mol. The zero-order valence-electron chi connectivity index (χ0n) is 15.9. The maximum absolute atomic E-state index is 14.3. The first-order valence-corrected chi connectivity index (χ1v) is 9.57. The number of pyridine rings is 1. The van der Waals surface area contributed by atoms with Gasteiger partial charge in [0.25, 0.3) is 5.91 Å². The number of hydrogen-bond donors (Lipinski definition) is 3. The van der Waals surface area contributed by atoms with Crippen LogP contribution in [0.4, 0.5) is 21.7 Å². The number of benzene rings is 1. The second kappa shape index (κ2) is 10.3. The first-order valence-electron chi connectivity index (χ1n) is 8.69. The molecule has 0 fully saturated rings. The van der Waals surface area contributed by atoms with E-state index in [2.05, 4.69) is 34.4 Å². The lowest BCUT2D eigenvalue weighted by atomic mass is 10.1. The minimum absolute atomic E-state index is 0.00121. The topological polar surface area (TPSA) is 127 Å². The van der Waals surface area contributed by atoms with Gasteiger partial charge in [-0.25, -0.2) is 14.4 Å². The Balaban J connectivity index is 0.000000941. The fourth-order valence-electron chi connectivity index (χ4n) is 2.44. The van der Waals surface area contributed by atoms with Crippen LogP contribution in [0.2, 0.25) is 0 Å². The first kappa shape index (κ1) is 21.9. The molecule has 10 heteroatoms. The van der Waals surface area contributed by atoms with Gasteiger partial charge in [0.2, 0.25) is 0 Å². The fraction of sp³-hybridized carbons (Fsp3) is 0.263. The van der Waals surface area contributed by atoms with E-state index in [9.17, 15) is 9.18 Å². The molecule has 8 nitrogen and oxygen atoms in total. The quantitative estimate of drug-likeness (QED) is 0.536. The normalized spacial score (nSPS) is 10.2. The predicted molar refractivity (Wildman–Crippen MR) is 109 cm³/mol. The van der Waals surface area contributed by atoms with Crippen molar-refractivity contribution in [3.63, 3.8) is 0 Å². The third kappa shape index (κ3) is 6.06. The minimum atomic E-state index is -0.744. The molecule has 0 unspecified atom stereocenters. The van der Waals surface area contributed by atoms with Crippen LogP contribution in [-0.4, -0.2) is 28.6 Å². The zero-order chi connectivity index (χ0) is 21.4. The number of rotatable bonds is 7. The predicted octanol–water partition coefficient (Wildman–Crippen LogP) is 3.55. The van der Waals surface area contributed by atoms with E-state index >= 15 is 0 Å². The molecule has 0 saturated heterocycles. The number of halogens is 1. The van der Waals surface area contributed by atoms with E-state index in [0.29, 0.717) is 12.5 Å². The maximum atomic E-state index is 14.3. The van der Waals surface area contributed by atoms with E-state index in [1.807, 2.05) is 18.2 Å². The van der Waals surface area contributed by atoms with Crippen molar-refractivity contribution in [1.82, 2.24) is 9.97 Å². The third-order valence-corrected chi connectivity index (χ3v) is 4.64. The van der Waals surface area contributed by atoms with Gasteiger partial charge >= 0.3 is 6.15 Å². The van der Waals surface area contributed by atoms with Gasteiger partial charge < -0.3 is 16.4 Å². The van der Waals surface area contributed by atoms with Gasteiger partial charge in [0, 0.05) is 12.2 Å². The fourth-order valence-corrected chi connectivity index (χ4v) is 3.16. The molecule has 0 aliphatic carbocycles. The average Bonchev–Trinajstić information content (AvgIpc) is 3.12. The van der Waals surface area contributed by atoms with Gasteiger partial charge in [0.05, 0.1) is 21.3 Å². The van der Waals surface area contributed by atoms with Gasteiger partial charge in [-0.15, -0.1) is 11.3 Å². The summed E-state index contributed by atoms with van der Waals surface area (Å²) in [5, 5.41) is 6.04. The Kier molecular flexibility index (Phi) is 7.76. The second-order valence-electron chi connectivity index (χ2n) is 6.43. The van der Waals surface area contributed by atoms with Crippen molar-refractivity contribution in [2.75, 3.05) is 17.2 Å². The standard InChI is InChI=1S/C18H20FN5OS.CO2/c1-10(2)5-6-21-18-13(19)8-12(16(20)25)17(24-18)23-11-3-4-14-15(7-11)26-9-22-14;2-1-3/h3-4,7-10H,5-6H2,1-2H3,(H2,20,25)(H2,21,23,24);. The number of thiazole rings is 1. The molecule has 0 atom stereocenters. The summed E-state index contributed by atoms with van der Waals surface area (Å²) in [5.41, 5.74) is 8.76. The molecule has 0 spiro atoms. The van der Waals surface area contributed by atoms with Gasteiger partial charge in [-0.3, -0.25) is 4.79 Å². The molecule has 29 heavy (non-hydrogen) atoms. The molecule has 0 saturated carbocycles. The number of carbonyl (C=O) groups is 1. The Morgan fingerprint density at radius 3 is 2.66 bits per heavy atom. The third-order valence-electron chi connectivity index (χ3n) is 3.85. The van der Waals surface area contributed by atoms with E-state index in [1.165, 1.54) is 11.3 Å². The smallest absolute Gasteiger partial charge is 0.368 e. The molecule has 0 radical (unpaired) electrons. The van der Waals surface area contributed by atoms with Crippen LogP contribution in [0.25, 0.3) is 10.2 Å². The highest BCUT2D eigenvalue weighted by Crippen LogP contribution is 2.27. The molecular formula is C19H20FN5O3S. The van der Waals surface area contributed by atoms with Crippen LogP contribution in [0.5, 0.6) is 0 Å². The van der Waals surface area contributed by atoms with Crippen LogP contribution < -0.4 is 16.4 Å². The Morgan fingerprint density at radius 2 is 2.00 bits per heavy atom. The van der Waals surface area contributed by atoms with Gasteiger partial charge in [0.1, 0.15) is 5.82 Å². The number of nitrogens with one attached hydrogen (secondary N) is 2. The van der Waals surface area contributed by atoms with E-state index in [0.717, 1.165) is 28.4 Å². The van der Waals surface area contributed by atoms with Crippen LogP contribution in [0.1, 0.15) is 30.6 Å². The van der Waals surface area contributed by atoms with Crippen molar-refractivity contribution in [3.8, 4) is 0 Å². The Hall–Kier alpha value is -3.36. The monoisotopic (exact) mass is 417 g/mol. The van der Waals surface area contributed by atoms with Crippen molar-refractivity contribution in [1.29, 1.82) is 0 Å². The molecule has 1 amide bonds. The molecule has 3 rings (SSSR count). The number of aromatic nitrogens is 2. The molecule has 2 heterocycles. The molecule has 152 valence electrons. The van der Waals surface area contributed by atoms with Crippen LogP contribution in [0.3, 0.4) is 0 Å². The van der Waals surface area contributed by atoms with Crippen molar-refractivity contribution in [2.24, 2.45) is 11.7 Å². The minimum Gasteiger partial charge on any atom is -0.368 e. The van der Waals surface area contributed by atoms with Crippen LogP contribution in [0.15, 0.2) is 29.8 Å². The number of hydrogen-bond acceptors (Lipinski definition) is 8. The van der Waals surface area contributed by atoms with Crippen LogP contribution in [-0.2, 0) is 9.59 Å². The van der Waals surface area contributed by atoms with Gasteiger partial charge in [-0.05, 0) is 36.6 Å². The number of carbonyl (C=O) groups excluding carboxylic acids is 3. The Labute approximate surface area is 170 Å². The molecule has 3 aromatic rings. The highest BCUT2D eigenvalue weighted by atomic mass is 32.1. The van der Waals surface area contributed by atoms with E-state index in [4.69, 9.17) is 15.3 Å². The van der Waals surface area contributed by atoms with Crippen molar-refractivity contribution >= 4 is 50.9 Å². The summed E-state index contributed by atoms with van der Waals surface area (Å²) >= 11 is 1.51. The maximum Gasteiger partial charge on any atom is 0.373 e. The molecular weight excluding hydrogens is 397 g/mol. The first-order chi connectivity index (χ1) is 13.8. The lowest BCUT2D eigenvalue weighted by Gasteiger charge is -2.14. The Morgan fingerprint density at radius 1 is 1.28 bits per heavy atom. The largest absolute Gasteiger partial charge is 0.373 e. The van der Waals surface area contributed by atoms with E-state index in [1.54, 1.807) is 5.51 Å². The number of amides is 1. The highest BCUT2D eigenvalue weighted by Gasteiger charge is 2.16. The molecule has 1 aromatic carbocycles. The molecule has 2 aromatic heterocycles. The summed E-state index contributed by atoms with van der Waals surface area (Å²) in [5.74, 6) is -0.552. The van der Waals surface area contributed by atoms with Crippen molar-refractivity contribution in [3.05, 3.63) is 41.2 Å². The van der Waals surface area contributed by atoms with E-state index in [-0.39, 0.29) is 23.4 Å². The lowest BCUT2D eigenvalue weighted by Crippen LogP contribution is -2.17. The second-order valence-corrected chi connectivity index (χ2v) is 7.32. The number of anilines is 3. The van der Waals surface area contributed by atoms with Crippen molar-refractivity contribution < 1.29 is 18.8 Å². The summed E-state index contributed by atoms with van der Waals surface area (Å²) in [6.07, 6.45) is 1.13. The van der Waals surface area contributed by atoms with Crippen molar-refractivity contribution in [2.45, 2.75) is 20.3 Å². The van der Waals surface area contributed by atoms with Gasteiger partial charge in [-0.2, -0.15) is 9.59 Å². The number of nitrogens with two attached hydrogens (primary N) is 1. The van der Waals surface area contributed by atoms with Gasteiger partial charge in [0.15, 0.2) is 11.6 Å². The number of primary amides is 1. The Bertz CT molecular complexity index is 1030. The van der Waals surface area contributed by atoms with Crippen LogP contribution >= 0.6 is 11.3 Å². The number of fused-ring (bicyclic) bond motifs is 1. The van der Waals surface area contributed by atoms with E-state index < -0.39 is 11.7 Å². The van der Waals surface area contributed by atoms with Gasteiger partial charge in [-0.1, -0.05) is 13.8 Å². The highest BCUT2D eigenvalue weighted by molar-refractivity contribution is 7.16. The molecule has 0 aliphatic rings. The summed E-state index contributed by atoms with van der Waals surface area (Å²) in [7, 11) is 0. The molecule has 0 bridgehead atoms. The SMILES string of the molecule is CC(C)CCNc1nc(Nc2ccc3ncsc3c2)c(C(N)=O)cc1F.O=C=O. The summed E-state index contributed by atoms with van der Waals surface area (Å²) in [6.45, 7) is 4.76. The lowest BCUT2D eigenvalue weighted by molar-refractivity contribution is -0.191. The molecule has 4 N–H and O–H groups in total.